The number of hydrogen-bond acceptors (Lipinski definition) is 3. The summed E-state index contributed by atoms with van der Waals surface area (Å²) in [6.07, 6.45) is 1.98. The zero-order chi connectivity index (χ0) is 12.4. The van der Waals surface area contributed by atoms with Crippen molar-refractivity contribution in [2.24, 2.45) is 0 Å². The van der Waals surface area contributed by atoms with Gasteiger partial charge < -0.3 is 9.47 Å². The average molecular weight is 252 g/mol. The van der Waals surface area contributed by atoms with Crippen LogP contribution in [0.25, 0.3) is 0 Å². The number of nitrogens with zero attached hydrogens (tertiary/aromatic N) is 2. The van der Waals surface area contributed by atoms with Crippen molar-refractivity contribution in [2.75, 3.05) is 13.6 Å². The van der Waals surface area contributed by atoms with Crippen LogP contribution < -0.4 is 5.56 Å². The summed E-state index contributed by atoms with van der Waals surface area (Å²) < 4.78 is 1.97. The van der Waals surface area contributed by atoms with Crippen LogP contribution in [0, 0.1) is 0 Å². The molecule has 0 unspecified atom stereocenters. The predicted octanol–water partition coefficient (Wildman–Crippen LogP) is 1.68. The maximum absolute atomic E-state index is 12.2. The molecule has 0 aromatic carbocycles. The van der Waals surface area contributed by atoms with Gasteiger partial charge in [0.1, 0.15) is 0 Å². The summed E-state index contributed by atoms with van der Waals surface area (Å²) in [6.45, 7) is 4.92. The lowest BCUT2D eigenvalue weighted by molar-refractivity contribution is 0.303. The van der Waals surface area contributed by atoms with Gasteiger partial charge in [0.2, 0.25) is 0 Å². The Hall–Kier alpha value is -0.740. The van der Waals surface area contributed by atoms with Gasteiger partial charge in [0.15, 0.2) is 0 Å². The van der Waals surface area contributed by atoms with Crippen LogP contribution in [-0.4, -0.2) is 23.1 Å². The standard InChI is InChI=1S/C13H20N2OS/c1-3-5-15-12-4-6-14(2)8-10(12)7-11(9-17)13(15)16/h7,17H,3-6,8-9H2,1-2H3. The average Bonchev–Trinajstić information content (AvgIpc) is 2.32. The first kappa shape index (κ1) is 12.7. The van der Waals surface area contributed by atoms with E-state index in [0.29, 0.717) is 5.75 Å². The number of fused-ring (bicyclic) bond motifs is 1. The van der Waals surface area contributed by atoms with Gasteiger partial charge in [-0.25, -0.2) is 0 Å². The normalized spacial score (nSPS) is 15.9. The van der Waals surface area contributed by atoms with Crippen molar-refractivity contribution in [1.82, 2.24) is 9.47 Å². The Kier molecular flexibility index (Phi) is 3.94. The van der Waals surface area contributed by atoms with Crippen LogP contribution in [0.5, 0.6) is 0 Å². The molecule has 3 nitrogen and oxygen atoms in total. The van der Waals surface area contributed by atoms with Gasteiger partial charge in [0, 0.05) is 43.1 Å². The van der Waals surface area contributed by atoms with Gasteiger partial charge in [0.05, 0.1) is 0 Å². The molecule has 1 aromatic heterocycles. The first-order valence-corrected chi connectivity index (χ1v) is 6.84. The van der Waals surface area contributed by atoms with Crippen molar-refractivity contribution in [3.8, 4) is 0 Å². The summed E-state index contributed by atoms with van der Waals surface area (Å²) in [4.78, 5) is 14.5. The third-order valence-electron chi connectivity index (χ3n) is 3.35. The minimum Gasteiger partial charge on any atom is -0.312 e. The van der Waals surface area contributed by atoms with Crippen molar-refractivity contribution < 1.29 is 0 Å². The minimum absolute atomic E-state index is 0.158. The Labute approximate surface area is 108 Å². The second kappa shape index (κ2) is 5.27. The van der Waals surface area contributed by atoms with Crippen molar-refractivity contribution in [3.05, 3.63) is 33.2 Å². The van der Waals surface area contributed by atoms with E-state index < -0.39 is 0 Å². The molecule has 0 amide bonds. The van der Waals surface area contributed by atoms with Crippen LogP contribution in [0.2, 0.25) is 0 Å². The van der Waals surface area contributed by atoms with Crippen molar-refractivity contribution >= 4 is 12.6 Å². The molecule has 0 aliphatic carbocycles. The lowest BCUT2D eigenvalue weighted by Crippen LogP contribution is -2.35. The largest absolute Gasteiger partial charge is 0.312 e. The summed E-state index contributed by atoms with van der Waals surface area (Å²) in [5.74, 6) is 0.527. The third kappa shape index (κ3) is 2.43. The smallest absolute Gasteiger partial charge is 0.254 e. The molecule has 94 valence electrons. The molecular weight excluding hydrogens is 232 g/mol. The highest BCUT2D eigenvalue weighted by Crippen LogP contribution is 2.18. The summed E-state index contributed by atoms with van der Waals surface area (Å²) >= 11 is 4.26. The Morgan fingerprint density at radius 1 is 1.47 bits per heavy atom. The molecule has 1 aliphatic rings. The zero-order valence-electron chi connectivity index (χ0n) is 10.6. The van der Waals surface area contributed by atoms with E-state index >= 15 is 0 Å². The number of rotatable bonds is 3. The van der Waals surface area contributed by atoms with Crippen molar-refractivity contribution in [1.29, 1.82) is 0 Å². The van der Waals surface area contributed by atoms with E-state index in [2.05, 4.69) is 31.5 Å². The maximum Gasteiger partial charge on any atom is 0.254 e. The highest BCUT2D eigenvalue weighted by Gasteiger charge is 2.19. The highest BCUT2D eigenvalue weighted by atomic mass is 32.1. The minimum atomic E-state index is 0.158. The van der Waals surface area contributed by atoms with Gasteiger partial charge in [-0.2, -0.15) is 12.6 Å². The molecule has 2 rings (SSSR count). The summed E-state index contributed by atoms with van der Waals surface area (Å²) in [6, 6.07) is 2.05. The number of pyridine rings is 1. The fraction of sp³-hybridized carbons (Fsp3) is 0.615. The van der Waals surface area contributed by atoms with E-state index in [4.69, 9.17) is 0 Å². The molecule has 0 N–H and O–H groups in total. The Bertz CT molecular complexity index is 467. The summed E-state index contributed by atoms with van der Waals surface area (Å²) in [7, 11) is 2.12. The molecule has 0 bridgehead atoms. The van der Waals surface area contributed by atoms with E-state index in [1.54, 1.807) is 0 Å². The SMILES string of the molecule is CCCn1c2c(cc(CS)c1=O)CN(C)CC2. The van der Waals surface area contributed by atoms with Gasteiger partial charge >= 0.3 is 0 Å². The van der Waals surface area contributed by atoms with Crippen LogP contribution >= 0.6 is 12.6 Å². The molecule has 0 saturated heterocycles. The topological polar surface area (TPSA) is 25.2 Å². The quantitative estimate of drug-likeness (QED) is 0.828. The second-order valence-corrected chi connectivity index (χ2v) is 5.06. The molecule has 0 radical (unpaired) electrons. The fourth-order valence-electron chi connectivity index (χ4n) is 2.50. The Morgan fingerprint density at radius 3 is 2.88 bits per heavy atom. The fourth-order valence-corrected chi connectivity index (χ4v) is 2.72. The van der Waals surface area contributed by atoms with E-state index in [0.717, 1.165) is 38.0 Å². The maximum atomic E-state index is 12.2. The molecule has 1 aromatic rings. The number of likely N-dealkylation sites (N-methyl/N-ethyl adjacent to an activating group) is 1. The van der Waals surface area contributed by atoms with Gasteiger partial charge in [-0.3, -0.25) is 4.79 Å². The third-order valence-corrected chi connectivity index (χ3v) is 3.69. The number of aromatic nitrogens is 1. The molecule has 2 heterocycles. The van der Waals surface area contributed by atoms with E-state index in [1.165, 1.54) is 11.3 Å². The summed E-state index contributed by atoms with van der Waals surface area (Å²) in [5.41, 5.74) is 3.53. The van der Waals surface area contributed by atoms with E-state index in [9.17, 15) is 4.79 Å². The van der Waals surface area contributed by atoms with Gasteiger partial charge in [0.25, 0.3) is 5.56 Å². The first-order chi connectivity index (χ1) is 8.17. The first-order valence-electron chi connectivity index (χ1n) is 6.21. The van der Waals surface area contributed by atoms with Gasteiger partial charge in [-0.1, -0.05) is 6.92 Å². The predicted molar refractivity (Wildman–Crippen MR) is 73.7 cm³/mol. The molecular formula is C13H20N2OS. The van der Waals surface area contributed by atoms with Gasteiger partial charge in [-0.15, -0.1) is 0 Å². The van der Waals surface area contributed by atoms with Crippen LogP contribution in [0.15, 0.2) is 10.9 Å². The number of hydrogen-bond donors (Lipinski definition) is 1. The molecule has 0 fully saturated rings. The monoisotopic (exact) mass is 252 g/mol. The zero-order valence-corrected chi connectivity index (χ0v) is 11.5. The van der Waals surface area contributed by atoms with Crippen molar-refractivity contribution in [3.63, 3.8) is 0 Å². The van der Waals surface area contributed by atoms with Crippen LogP contribution in [-0.2, 0) is 25.3 Å². The molecule has 1 aliphatic heterocycles. The van der Waals surface area contributed by atoms with E-state index in [1.807, 2.05) is 10.6 Å². The second-order valence-electron chi connectivity index (χ2n) is 4.74. The Morgan fingerprint density at radius 2 is 2.24 bits per heavy atom. The molecule has 17 heavy (non-hydrogen) atoms. The van der Waals surface area contributed by atoms with Crippen LogP contribution in [0.4, 0.5) is 0 Å². The lowest BCUT2D eigenvalue weighted by Gasteiger charge is -2.28. The molecule has 0 spiro atoms. The number of thiol groups is 1. The van der Waals surface area contributed by atoms with Gasteiger partial charge in [-0.05, 0) is 25.1 Å². The highest BCUT2D eigenvalue weighted by molar-refractivity contribution is 7.79. The molecule has 0 saturated carbocycles. The van der Waals surface area contributed by atoms with Crippen LogP contribution in [0.3, 0.4) is 0 Å². The molecule has 4 heteroatoms. The summed E-state index contributed by atoms with van der Waals surface area (Å²) in [5, 5.41) is 0. The lowest BCUT2D eigenvalue weighted by atomic mass is 10.0. The Balaban J connectivity index is 2.55. The van der Waals surface area contributed by atoms with Crippen molar-refractivity contribution in [2.45, 2.75) is 38.6 Å². The van der Waals surface area contributed by atoms with Crippen LogP contribution in [0.1, 0.15) is 30.2 Å². The van der Waals surface area contributed by atoms with E-state index in [-0.39, 0.29) is 5.56 Å². The molecule has 0 atom stereocenters.